The van der Waals surface area contributed by atoms with E-state index < -0.39 is 11.9 Å². The van der Waals surface area contributed by atoms with Crippen LogP contribution in [0.1, 0.15) is 18.4 Å². The Morgan fingerprint density at radius 2 is 1.78 bits per heavy atom. The molecule has 0 amide bonds. The fraction of sp³-hybridized carbons (Fsp3) is 0.133. The lowest BCUT2D eigenvalue weighted by Crippen LogP contribution is -2.07. The molecule has 2 aromatic rings. The Labute approximate surface area is 111 Å². The van der Waals surface area contributed by atoms with E-state index >= 15 is 0 Å². The number of hydrogen-bond acceptors (Lipinski definition) is 1. The van der Waals surface area contributed by atoms with Gasteiger partial charge in [0.15, 0.2) is 0 Å². The first-order chi connectivity index (χ1) is 8.58. The first-order valence-electron chi connectivity index (χ1n) is 5.66. The Kier molecular flexibility index (Phi) is 3.68. The van der Waals surface area contributed by atoms with Crippen LogP contribution in [0.3, 0.4) is 0 Å². The minimum atomic E-state index is -0.851. The Balaban J connectivity index is 2.48. The van der Waals surface area contributed by atoms with Gasteiger partial charge in [0.2, 0.25) is 0 Å². The number of carboxylic acids is 1. The Morgan fingerprint density at radius 1 is 1.11 bits per heavy atom. The maximum absolute atomic E-state index is 11.0. The number of rotatable bonds is 3. The highest BCUT2D eigenvalue weighted by molar-refractivity contribution is 6.31. The summed E-state index contributed by atoms with van der Waals surface area (Å²) in [6.07, 6.45) is 0. The average Bonchev–Trinajstić information content (AvgIpc) is 2.38. The maximum Gasteiger partial charge on any atom is 0.310 e. The molecule has 18 heavy (non-hydrogen) atoms. The van der Waals surface area contributed by atoms with Crippen molar-refractivity contribution >= 4 is 17.6 Å². The summed E-state index contributed by atoms with van der Waals surface area (Å²) in [6, 6.07) is 15.2. The third kappa shape index (κ3) is 2.71. The highest BCUT2D eigenvalue weighted by Gasteiger charge is 2.15. The molecule has 0 radical (unpaired) electrons. The molecular weight excluding hydrogens is 248 g/mol. The van der Waals surface area contributed by atoms with Crippen molar-refractivity contribution in [2.24, 2.45) is 0 Å². The molecule has 2 aromatic carbocycles. The van der Waals surface area contributed by atoms with Gasteiger partial charge in [0.25, 0.3) is 0 Å². The molecule has 0 aromatic heterocycles. The molecule has 3 heteroatoms. The summed E-state index contributed by atoms with van der Waals surface area (Å²) < 4.78 is 0. The van der Waals surface area contributed by atoms with E-state index in [0.29, 0.717) is 10.6 Å². The van der Waals surface area contributed by atoms with Gasteiger partial charge in [-0.2, -0.15) is 0 Å². The Morgan fingerprint density at radius 3 is 2.39 bits per heavy atom. The zero-order valence-electron chi connectivity index (χ0n) is 9.93. The number of halogens is 1. The molecule has 92 valence electrons. The first-order valence-corrected chi connectivity index (χ1v) is 6.04. The molecule has 0 aliphatic rings. The summed E-state index contributed by atoms with van der Waals surface area (Å²) in [5.74, 6) is -1.41. The predicted octanol–water partition coefficient (Wildman–Crippen LogP) is 4.20. The summed E-state index contributed by atoms with van der Waals surface area (Å²) in [5, 5.41) is 9.60. The first kappa shape index (κ1) is 12.7. The van der Waals surface area contributed by atoms with Crippen LogP contribution in [0.25, 0.3) is 11.1 Å². The molecular formula is C15H13ClO2. The Bertz CT molecular complexity index is 564. The van der Waals surface area contributed by atoms with Crippen molar-refractivity contribution < 1.29 is 9.90 Å². The maximum atomic E-state index is 11.0. The molecule has 0 fully saturated rings. The van der Waals surface area contributed by atoms with Crippen molar-refractivity contribution in [3.05, 3.63) is 59.1 Å². The van der Waals surface area contributed by atoms with E-state index in [9.17, 15) is 4.79 Å². The van der Waals surface area contributed by atoms with E-state index in [4.69, 9.17) is 16.7 Å². The van der Waals surface area contributed by atoms with Crippen molar-refractivity contribution in [1.82, 2.24) is 0 Å². The summed E-state index contributed by atoms with van der Waals surface area (Å²) in [5.41, 5.74) is 2.68. The van der Waals surface area contributed by atoms with E-state index in [-0.39, 0.29) is 0 Å². The normalized spacial score (nSPS) is 12.1. The van der Waals surface area contributed by atoms with Crippen molar-refractivity contribution in [3.8, 4) is 11.1 Å². The topological polar surface area (TPSA) is 37.3 Å². The number of aliphatic carboxylic acids is 1. The molecule has 0 spiro atoms. The summed E-state index contributed by atoms with van der Waals surface area (Å²) in [7, 11) is 0. The van der Waals surface area contributed by atoms with Gasteiger partial charge in [-0.15, -0.1) is 0 Å². The summed E-state index contributed by atoms with van der Waals surface area (Å²) >= 11 is 6.06. The highest BCUT2D eigenvalue weighted by atomic mass is 35.5. The van der Waals surface area contributed by atoms with Gasteiger partial charge in [-0.1, -0.05) is 48.0 Å². The van der Waals surface area contributed by atoms with Gasteiger partial charge >= 0.3 is 5.97 Å². The summed E-state index contributed by atoms with van der Waals surface area (Å²) in [6.45, 7) is 1.66. The lowest BCUT2D eigenvalue weighted by atomic mass is 9.96. The molecule has 0 unspecified atom stereocenters. The van der Waals surface area contributed by atoms with Crippen LogP contribution in [-0.2, 0) is 4.79 Å². The van der Waals surface area contributed by atoms with Crippen LogP contribution in [0.5, 0.6) is 0 Å². The lowest BCUT2D eigenvalue weighted by molar-refractivity contribution is -0.138. The molecule has 2 nitrogen and oxygen atoms in total. The molecule has 2 rings (SSSR count). The second-order valence-corrected chi connectivity index (χ2v) is 4.64. The van der Waals surface area contributed by atoms with Crippen LogP contribution in [-0.4, -0.2) is 11.1 Å². The van der Waals surface area contributed by atoms with Crippen molar-refractivity contribution in [1.29, 1.82) is 0 Å². The van der Waals surface area contributed by atoms with E-state index in [2.05, 4.69) is 0 Å². The quantitative estimate of drug-likeness (QED) is 0.898. The minimum Gasteiger partial charge on any atom is -0.481 e. The molecule has 0 bridgehead atoms. The third-order valence-corrected chi connectivity index (χ3v) is 3.12. The van der Waals surface area contributed by atoms with E-state index in [1.54, 1.807) is 13.0 Å². The van der Waals surface area contributed by atoms with Gasteiger partial charge in [0.05, 0.1) is 5.92 Å². The molecule has 0 saturated carbocycles. The molecule has 0 aliphatic heterocycles. The number of benzene rings is 2. The van der Waals surface area contributed by atoms with Gasteiger partial charge in [-0.05, 0) is 35.7 Å². The zero-order chi connectivity index (χ0) is 13.1. The standard InChI is InChI=1S/C15H13ClO2/c1-10(15(17)18)12-7-13(9-14(16)8-12)11-5-3-2-4-6-11/h2-10H,1H3,(H,17,18)/t10-/m1/s1. The fourth-order valence-electron chi connectivity index (χ4n) is 1.80. The fourth-order valence-corrected chi connectivity index (χ4v) is 2.05. The van der Waals surface area contributed by atoms with Crippen LogP contribution >= 0.6 is 11.6 Å². The molecule has 0 aliphatic carbocycles. The van der Waals surface area contributed by atoms with Crippen molar-refractivity contribution in [3.63, 3.8) is 0 Å². The van der Waals surface area contributed by atoms with E-state index in [1.807, 2.05) is 42.5 Å². The monoisotopic (exact) mass is 260 g/mol. The van der Waals surface area contributed by atoms with Gasteiger partial charge in [-0.3, -0.25) is 4.79 Å². The second-order valence-electron chi connectivity index (χ2n) is 4.20. The minimum absolute atomic E-state index is 0.555. The van der Waals surface area contributed by atoms with Crippen molar-refractivity contribution in [2.75, 3.05) is 0 Å². The predicted molar refractivity (Wildman–Crippen MR) is 72.9 cm³/mol. The van der Waals surface area contributed by atoms with Gasteiger partial charge in [0, 0.05) is 5.02 Å². The Hall–Kier alpha value is -1.80. The van der Waals surface area contributed by atoms with Crippen LogP contribution in [0.2, 0.25) is 5.02 Å². The van der Waals surface area contributed by atoms with E-state index in [0.717, 1.165) is 11.1 Å². The highest BCUT2D eigenvalue weighted by Crippen LogP contribution is 2.28. The van der Waals surface area contributed by atoms with E-state index in [1.165, 1.54) is 0 Å². The van der Waals surface area contributed by atoms with Crippen LogP contribution in [0, 0.1) is 0 Å². The lowest BCUT2D eigenvalue weighted by Gasteiger charge is -2.10. The van der Waals surface area contributed by atoms with Crippen LogP contribution in [0.4, 0.5) is 0 Å². The molecule has 1 N–H and O–H groups in total. The zero-order valence-corrected chi connectivity index (χ0v) is 10.7. The van der Waals surface area contributed by atoms with Gasteiger partial charge < -0.3 is 5.11 Å². The number of carboxylic acid groups (broad SMARTS) is 1. The summed E-state index contributed by atoms with van der Waals surface area (Å²) in [4.78, 5) is 11.0. The molecule has 0 heterocycles. The van der Waals surface area contributed by atoms with Gasteiger partial charge in [0.1, 0.15) is 0 Å². The van der Waals surface area contributed by atoms with Crippen LogP contribution in [0.15, 0.2) is 48.5 Å². The molecule has 1 atom stereocenters. The third-order valence-electron chi connectivity index (χ3n) is 2.90. The van der Waals surface area contributed by atoms with Crippen molar-refractivity contribution in [2.45, 2.75) is 12.8 Å². The average molecular weight is 261 g/mol. The number of hydrogen-bond donors (Lipinski definition) is 1. The smallest absolute Gasteiger partial charge is 0.310 e. The van der Waals surface area contributed by atoms with Gasteiger partial charge in [-0.25, -0.2) is 0 Å². The number of carbonyl (C=O) groups is 1. The molecule has 0 saturated heterocycles. The largest absolute Gasteiger partial charge is 0.481 e. The second kappa shape index (κ2) is 5.23. The van der Waals surface area contributed by atoms with Crippen LogP contribution < -0.4 is 0 Å². The SMILES string of the molecule is C[C@@H](C(=O)O)c1cc(Cl)cc(-c2ccccc2)c1.